The first-order valence-electron chi connectivity index (χ1n) is 5.47. The van der Waals surface area contributed by atoms with Crippen LogP contribution in [0.1, 0.15) is 27.2 Å². The van der Waals surface area contributed by atoms with Crippen LogP contribution in [0, 0.1) is 5.41 Å². The van der Waals surface area contributed by atoms with Crippen LogP contribution in [-0.2, 0) is 9.53 Å². The first kappa shape index (κ1) is 11.4. The van der Waals surface area contributed by atoms with Gasteiger partial charge in [-0.2, -0.15) is 0 Å². The number of Topliss-reactive ketones (excluding diaryl/α,β-unsaturated/α-hetero) is 1. The lowest BCUT2D eigenvalue weighted by atomic mass is 10.1. The van der Waals surface area contributed by atoms with Gasteiger partial charge in [-0.1, -0.05) is 0 Å². The number of ketones is 1. The fourth-order valence-electron chi connectivity index (χ4n) is 2.11. The predicted molar refractivity (Wildman–Crippen MR) is 55.9 cm³/mol. The van der Waals surface area contributed by atoms with Crippen molar-refractivity contribution in [2.24, 2.45) is 5.41 Å². The van der Waals surface area contributed by atoms with Gasteiger partial charge in [0.2, 0.25) is 0 Å². The van der Waals surface area contributed by atoms with E-state index in [1.807, 2.05) is 0 Å². The molecule has 2 atom stereocenters. The van der Waals surface area contributed by atoms with E-state index in [2.05, 4.69) is 0 Å². The third-order valence-electron chi connectivity index (χ3n) is 3.13. The highest BCUT2D eigenvalue weighted by Crippen LogP contribution is 2.49. The number of aliphatic hydroxyl groups excluding tert-OH is 1. The molecule has 16 heavy (non-hydrogen) atoms. The molecule has 1 N–H and O–H groups in total. The van der Waals surface area contributed by atoms with Crippen molar-refractivity contribution in [3.05, 3.63) is 0 Å². The molecular weight excluding hydrogens is 210 g/mol. The molecule has 1 unspecified atom stereocenters. The second kappa shape index (κ2) is 3.20. The van der Waals surface area contributed by atoms with E-state index < -0.39 is 23.2 Å². The van der Waals surface area contributed by atoms with Crippen LogP contribution in [0.15, 0.2) is 0 Å². The highest BCUT2D eigenvalue weighted by Gasteiger charge is 2.67. The number of hydrogen-bond acceptors (Lipinski definition) is 4. The average Bonchev–Trinajstić information content (AvgIpc) is 2.58. The van der Waals surface area contributed by atoms with Gasteiger partial charge >= 0.3 is 6.09 Å². The first-order valence-corrected chi connectivity index (χ1v) is 5.47. The molecule has 5 nitrogen and oxygen atoms in total. The minimum absolute atomic E-state index is 0.140. The summed E-state index contributed by atoms with van der Waals surface area (Å²) in [6, 6.07) is 0. The van der Waals surface area contributed by atoms with Crippen LogP contribution >= 0.6 is 0 Å². The smallest absolute Gasteiger partial charge is 0.410 e. The minimum Gasteiger partial charge on any atom is -0.444 e. The van der Waals surface area contributed by atoms with Crippen molar-refractivity contribution in [1.82, 2.24) is 4.90 Å². The molecule has 2 rings (SSSR count). The summed E-state index contributed by atoms with van der Waals surface area (Å²) in [7, 11) is 0. The summed E-state index contributed by atoms with van der Waals surface area (Å²) < 4.78 is 5.21. The molecule has 0 aromatic carbocycles. The average molecular weight is 227 g/mol. The van der Waals surface area contributed by atoms with Crippen molar-refractivity contribution in [2.45, 2.75) is 38.9 Å². The fraction of sp³-hybridized carbons (Fsp3) is 0.818. The Hall–Kier alpha value is -1.10. The Morgan fingerprint density at radius 1 is 1.56 bits per heavy atom. The summed E-state index contributed by atoms with van der Waals surface area (Å²) in [4.78, 5) is 24.5. The van der Waals surface area contributed by atoms with Gasteiger partial charge in [-0.05, 0) is 27.2 Å². The number of ether oxygens (including phenoxy) is 1. The lowest BCUT2D eigenvalue weighted by molar-refractivity contribution is -0.114. The number of carbonyl (C=O) groups is 2. The number of amides is 1. The number of nitrogens with zero attached hydrogens (tertiary/aromatic N) is 1. The Morgan fingerprint density at radius 2 is 2.12 bits per heavy atom. The second-order valence-corrected chi connectivity index (χ2v) is 5.57. The van der Waals surface area contributed by atoms with E-state index in [1.165, 1.54) is 4.90 Å². The van der Waals surface area contributed by atoms with E-state index in [9.17, 15) is 14.7 Å². The Balaban J connectivity index is 1.95. The highest BCUT2D eigenvalue weighted by atomic mass is 16.6. The van der Waals surface area contributed by atoms with Gasteiger partial charge in [0.1, 0.15) is 11.7 Å². The van der Waals surface area contributed by atoms with Gasteiger partial charge in [0.15, 0.2) is 5.78 Å². The monoisotopic (exact) mass is 227 g/mol. The molecule has 0 aromatic heterocycles. The van der Waals surface area contributed by atoms with Gasteiger partial charge in [0.05, 0.1) is 5.41 Å². The van der Waals surface area contributed by atoms with E-state index in [-0.39, 0.29) is 5.78 Å². The van der Waals surface area contributed by atoms with Crippen LogP contribution in [0.5, 0.6) is 0 Å². The van der Waals surface area contributed by atoms with Crippen molar-refractivity contribution in [1.29, 1.82) is 0 Å². The fourth-order valence-corrected chi connectivity index (χ4v) is 2.11. The molecule has 1 spiro atoms. The topological polar surface area (TPSA) is 66.8 Å². The predicted octanol–water partition coefficient (Wildman–Crippen LogP) is 0.557. The Kier molecular flexibility index (Phi) is 2.28. The molecule has 1 aliphatic carbocycles. The van der Waals surface area contributed by atoms with Crippen LogP contribution in [0.2, 0.25) is 0 Å². The van der Waals surface area contributed by atoms with Crippen LogP contribution in [-0.4, -0.2) is 46.7 Å². The number of aliphatic hydroxyl groups is 1. The number of likely N-dealkylation sites (tertiary alicyclic amines) is 1. The second-order valence-electron chi connectivity index (χ2n) is 5.57. The van der Waals surface area contributed by atoms with E-state index in [4.69, 9.17) is 4.74 Å². The quantitative estimate of drug-likeness (QED) is 0.656. The van der Waals surface area contributed by atoms with Crippen molar-refractivity contribution in [2.75, 3.05) is 13.1 Å². The third-order valence-corrected chi connectivity index (χ3v) is 3.13. The Bertz CT molecular complexity index is 346. The third kappa shape index (κ3) is 1.69. The normalized spacial score (nSPS) is 33.4. The SMILES string of the molecule is CC(C)(C)OC(=O)N1CCC2(C1)C(=O)[C@H]2O. The number of rotatable bonds is 0. The van der Waals surface area contributed by atoms with Crippen LogP contribution in [0.4, 0.5) is 4.79 Å². The van der Waals surface area contributed by atoms with Gasteiger partial charge in [0, 0.05) is 13.1 Å². The standard InChI is InChI=1S/C11H17NO4/c1-10(2,3)16-9(15)12-5-4-11(6-12)7(13)8(11)14/h7,13H,4-6H2,1-3H3/t7-,11?/m1/s1. The van der Waals surface area contributed by atoms with Crippen LogP contribution < -0.4 is 0 Å². The molecule has 0 bridgehead atoms. The number of hydrogen-bond donors (Lipinski definition) is 1. The van der Waals surface area contributed by atoms with E-state index in [0.717, 1.165) is 0 Å². The van der Waals surface area contributed by atoms with Gasteiger partial charge in [-0.3, -0.25) is 4.79 Å². The summed E-state index contributed by atoms with van der Waals surface area (Å²) in [5, 5.41) is 9.39. The summed E-state index contributed by atoms with van der Waals surface area (Å²) in [5.41, 5.74) is -1.20. The molecule has 1 amide bonds. The molecule has 0 radical (unpaired) electrons. The molecular formula is C11H17NO4. The van der Waals surface area contributed by atoms with E-state index in [0.29, 0.717) is 19.5 Å². The maximum Gasteiger partial charge on any atom is 0.410 e. The zero-order chi connectivity index (χ0) is 12.1. The van der Waals surface area contributed by atoms with E-state index in [1.54, 1.807) is 20.8 Å². The first-order chi connectivity index (χ1) is 7.26. The summed E-state index contributed by atoms with van der Waals surface area (Å²) in [5.74, 6) is -0.140. The van der Waals surface area contributed by atoms with Gasteiger partial charge < -0.3 is 14.7 Å². The van der Waals surface area contributed by atoms with E-state index >= 15 is 0 Å². The van der Waals surface area contributed by atoms with Crippen LogP contribution in [0.25, 0.3) is 0 Å². The molecule has 5 heteroatoms. The maximum absolute atomic E-state index is 11.7. The molecule has 1 saturated carbocycles. The van der Waals surface area contributed by atoms with Gasteiger partial charge in [0.25, 0.3) is 0 Å². The largest absolute Gasteiger partial charge is 0.444 e. The molecule has 2 aliphatic rings. The van der Waals surface area contributed by atoms with Crippen molar-refractivity contribution >= 4 is 11.9 Å². The minimum atomic E-state index is -0.875. The Morgan fingerprint density at radius 3 is 2.50 bits per heavy atom. The number of carbonyl (C=O) groups excluding carboxylic acids is 2. The summed E-state index contributed by atoms with van der Waals surface area (Å²) in [6.07, 6.45) is -0.733. The zero-order valence-electron chi connectivity index (χ0n) is 9.82. The van der Waals surface area contributed by atoms with Crippen molar-refractivity contribution in [3.63, 3.8) is 0 Å². The van der Waals surface area contributed by atoms with Gasteiger partial charge in [-0.15, -0.1) is 0 Å². The molecule has 1 aliphatic heterocycles. The molecule has 90 valence electrons. The molecule has 2 fully saturated rings. The van der Waals surface area contributed by atoms with Crippen molar-refractivity contribution in [3.8, 4) is 0 Å². The molecule has 0 aromatic rings. The summed E-state index contributed by atoms with van der Waals surface area (Å²) in [6.45, 7) is 6.18. The molecule has 1 heterocycles. The highest BCUT2D eigenvalue weighted by molar-refractivity contribution is 6.07. The zero-order valence-corrected chi connectivity index (χ0v) is 9.82. The van der Waals surface area contributed by atoms with Crippen LogP contribution in [0.3, 0.4) is 0 Å². The van der Waals surface area contributed by atoms with Gasteiger partial charge in [-0.25, -0.2) is 4.79 Å². The lowest BCUT2D eigenvalue weighted by Gasteiger charge is -2.24. The Labute approximate surface area is 94.4 Å². The summed E-state index contributed by atoms with van der Waals surface area (Å²) >= 11 is 0. The maximum atomic E-state index is 11.7. The lowest BCUT2D eigenvalue weighted by Crippen LogP contribution is -2.35. The molecule has 1 saturated heterocycles. The van der Waals surface area contributed by atoms with Crippen molar-refractivity contribution < 1.29 is 19.4 Å².